The zero-order valence-corrected chi connectivity index (χ0v) is 31.5. The summed E-state index contributed by atoms with van der Waals surface area (Å²) in [6.07, 6.45) is 59.2. The molecule has 0 N–H and O–H groups in total. The molecule has 266 valence electrons. The van der Waals surface area contributed by atoms with Crippen LogP contribution in [0.1, 0.15) is 245 Å². The van der Waals surface area contributed by atoms with Gasteiger partial charge in [-0.15, -0.1) is 0 Å². The first kappa shape index (κ1) is 42.2. The molecule has 1 rings (SSSR count). The van der Waals surface area contributed by atoms with Gasteiger partial charge in [-0.2, -0.15) is 0 Å². The number of rotatable bonds is 38. The molecule has 0 saturated heterocycles. The van der Waals surface area contributed by atoms with Crippen molar-refractivity contribution in [1.29, 1.82) is 0 Å². The minimum atomic E-state index is 1.20. The molecule has 2 heteroatoms. The van der Waals surface area contributed by atoms with Crippen molar-refractivity contribution in [3.63, 3.8) is 0 Å². The van der Waals surface area contributed by atoms with Crippen molar-refractivity contribution in [1.82, 2.24) is 4.57 Å². The Morgan fingerprint density at radius 1 is 0.333 bits per heavy atom. The second-order valence-corrected chi connectivity index (χ2v) is 14.9. The first-order chi connectivity index (χ1) is 22.4. The monoisotopic (exact) mass is 630 g/mol. The molecular weight excluding hydrogens is 544 g/mol. The lowest BCUT2D eigenvalue weighted by molar-refractivity contribution is -0.696. The van der Waals surface area contributed by atoms with Crippen LogP contribution in [0.25, 0.3) is 0 Å². The van der Waals surface area contributed by atoms with Crippen LogP contribution in [0.15, 0.2) is 18.7 Å². The fourth-order valence-electron chi connectivity index (χ4n) is 7.10. The Hall–Kier alpha value is -0.790. The summed E-state index contributed by atoms with van der Waals surface area (Å²) in [5, 5.41) is 0. The van der Waals surface area contributed by atoms with Crippen molar-refractivity contribution in [2.75, 3.05) is 0 Å². The van der Waals surface area contributed by atoms with Crippen LogP contribution in [0.3, 0.4) is 0 Å². The third kappa shape index (κ3) is 31.6. The lowest BCUT2D eigenvalue weighted by atomic mass is 10.0. The van der Waals surface area contributed by atoms with Gasteiger partial charge in [-0.3, -0.25) is 0 Å². The normalized spacial score (nSPS) is 11.6. The fourth-order valence-corrected chi connectivity index (χ4v) is 7.10. The summed E-state index contributed by atoms with van der Waals surface area (Å²) in [6.45, 7) is 7.01. The van der Waals surface area contributed by atoms with Gasteiger partial charge >= 0.3 is 0 Å². The molecule has 0 unspecified atom stereocenters. The largest absolute Gasteiger partial charge is 0.243 e. The van der Waals surface area contributed by atoms with E-state index in [-0.39, 0.29) is 0 Å². The van der Waals surface area contributed by atoms with E-state index in [2.05, 4.69) is 41.7 Å². The summed E-state index contributed by atoms with van der Waals surface area (Å²) < 4.78 is 4.83. The van der Waals surface area contributed by atoms with Crippen molar-refractivity contribution >= 4 is 0 Å². The number of unbranched alkanes of at least 4 members (excludes halogenated alkanes) is 34. The first-order valence-corrected chi connectivity index (χ1v) is 21.4. The highest BCUT2D eigenvalue weighted by molar-refractivity contribution is 4.66. The second-order valence-electron chi connectivity index (χ2n) is 14.9. The lowest BCUT2D eigenvalue weighted by Crippen LogP contribution is -2.30. The van der Waals surface area contributed by atoms with E-state index in [9.17, 15) is 0 Å². The number of hydrogen-bond acceptors (Lipinski definition) is 0. The van der Waals surface area contributed by atoms with Gasteiger partial charge in [-0.1, -0.05) is 219 Å². The van der Waals surface area contributed by atoms with Crippen LogP contribution in [0, 0.1) is 0 Å². The highest BCUT2D eigenvalue weighted by Gasteiger charge is 2.04. The van der Waals surface area contributed by atoms with Crippen molar-refractivity contribution in [3.05, 3.63) is 18.7 Å². The van der Waals surface area contributed by atoms with Crippen LogP contribution in [0.4, 0.5) is 0 Å². The average molecular weight is 630 g/mol. The molecule has 1 aromatic heterocycles. The quantitative estimate of drug-likeness (QED) is 0.0508. The lowest BCUT2D eigenvalue weighted by Gasteiger charge is -2.04. The predicted octanol–water partition coefficient (Wildman–Crippen LogP) is 14.9. The maximum atomic E-state index is 2.42. The van der Waals surface area contributed by atoms with E-state index in [1.807, 2.05) is 0 Å². The van der Waals surface area contributed by atoms with E-state index in [1.165, 1.54) is 244 Å². The summed E-state index contributed by atoms with van der Waals surface area (Å²) in [7, 11) is 0. The van der Waals surface area contributed by atoms with Crippen LogP contribution < -0.4 is 4.57 Å². The van der Waals surface area contributed by atoms with E-state index in [0.717, 1.165) is 0 Å². The number of nitrogens with zero attached hydrogens (tertiary/aromatic N) is 2. The van der Waals surface area contributed by atoms with E-state index in [1.54, 1.807) is 0 Å². The van der Waals surface area contributed by atoms with Gasteiger partial charge in [0.2, 0.25) is 6.33 Å². The summed E-state index contributed by atoms with van der Waals surface area (Å²) >= 11 is 0. The van der Waals surface area contributed by atoms with Crippen LogP contribution in [0.5, 0.6) is 0 Å². The summed E-state index contributed by atoms with van der Waals surface area (Å²) in [5.41, 5.74) is 0. The Kier molecular flexibility index (Phi) is 33.8. The second kappa shape index (κ2) is 36.1. The Balaban J connectivity index is 1.76. The number of aromatic nitrogens is 2. The molecule has 1 heterocycles. The van der Waals surface area contributed by atoms with Crippen molar-refractivity contribution < 1.29 is 4.57 Å². The molecular formula is C43H85N2+. The highest BCUT2D eigenvalue weighted by atomic mass is 15.1. The van der Waals surface area contributed by atoms with Gasteiger partial charge in [0.25, 0.3) is 0 Å². The van der Waals surface area contributed by atoms with E-state index in [4.69, 9.17) is 0 Å². The van der Waals surface area contributed by atoms with Crippen molar-refractivity contribution in [3.8, 4) is 0 Å². The highest BCUT2D eigenvalue weighted by Crippen LogP contribution is 2.16. The molecule has 0 aliphatic heterocycles. The molecule has 0 aromatic carbocycles. The minimum Gasteiger partial charge on any atom is -0.237 e. The van der Waals surface area contributed by atoms with Gasteiger partial charge in [-0.25, -0.2) is 9.13 Å². The molecule has 0 spiro atoms. The fraction of sp³-hybridized carbons (Fsp3) is 0.930. The maximum Gasteiger partial charge on any atom is 0.243 e. The first-order valence-electron chi connectivity index (χ1n) is 21.4. The molecule has 0 atom stereocenters. The van der Waals surface area contributed by atoms with E-state index >= 15 is 0 Å². The maximum absolute atomic E-state index is 2.42. The summed E-state index contributed by atoms with van der Waals surface area (Å²) in [6, 6.07) is 0. The SMILES string of the molecule is CCCCCCCCCCCCCCCCCCCCCC[n+]1ccn(CCCCCCCCCCCCCCCCCC)c1. The molecule has 0 radical (unpaired) electrons. The molecule has 0 fully saturated rings. The van der Waals surface area contributed by atoms with Crippen LogP contribution in [0.2, 0.25) is 0 Å². The Labute approximate surface area is 285 Å². The molecule has 0 amide bonds. The summed E-state index contributed by atoms with van der Waals surface area (Å²) in [5.74, 6) is 0. The molecule has 2 nitrogen and oxygen atoms in total. The molecule has 45 heavy (non-hydrogen) atoms. The Bertz CT molecular complexity index is 665. The number of aryl methyl sites for hydroxylation is 2. The molecule has 0 bridgehead atoms. The van der Waals surface area contributed by atoms with Crippen LogP contribution in [-0.4, -0.2) is 4.57 Å². The third-order valence-corrected chi connectivity index (χ3v) is 10.3. The predicted molar refractivity (Wildman–Crippen MR) is 202 cm³/mol. The third-order valence-electron chi connectivity index (χ3n) is 10.3. The van der Waals surface area contributed by atoms with Gasteiger partial charge in [-0.05, 0) is 25.7 Å². The number of imidazole rings is 1. The van der Waals surface area contributed by atoms with Crippen molar-refractivity contribution in [2.24, 2.45) is 0 Å². The molecule has 0 saturated carbocycles. The van der Waals surface area contributed by atoms with E-state index in [0.29, 0.717) is 0 Å². The number of hydrogen-bond donors (Lipinski definition) is 0. The topological polar surface area (TPSA) is 8.81 Å². The van der Waals surface area contributed by atoms with Gasteiger partial charge < -0.3 is 0 Å². The zero-order valence-electron chi connectivity index (χ0n) is 31.5. The molecule has 1 aromatic rings. The van der Waals surface area contributed by atoms with Gasteiger partial charge in [0.1, 0.15) is 12.4 Å². The van der Waals surface area contributed by atoms with E-state index < -0.39 is 0 Å². The molecule has 0 aliphatic rings. The molecule has 0 aliphatic carbocycles. The van der Waals surface area contributed by atoms with Gasteiger partial charge in [0.15, 0.2) is 0 Å². The van der Waals surface area contributed by atoms with Gasteiger partial charge in [0, 0.05) is 0 Å². The zero-order chi connectivity index (χ0) is 32.1. The van der Waals surface area contributed by atoms with Crippen LogP contribution in [-0.2, 0) is 13.1 Å². The Morgan fingerprint density at radius 3 is 0.911 bits per heavy atom. The van der Waals surface area contributed by atoms with Crippen LogP contribution >= 0.6 is 0 Å². The average Bonchev–Trinajstić information content (AvgIpc) is 3.51. The summed E-state index contributed by atoms with van der Waals surface area (Å²) in [4.78, 5) is 0. The van der Waals surface area contributed by atoms with Gasteiger partial charge in [0.05, 0.1) is 13.1 Å². The van der Waals surface area contributed by atoms with Crippen molar-refractivity contribution in [2.45, 2.75) is 258 Å². The minimum absolute atomic E-state index is 1.20. The smallest absolute Gasteiger partial charge is 0.237 e. The standard InChI is InChI=1S/C43H85N2/c1-3-5-7-9-11-13-15-17-19-21-22-23-24-26-28-30-32-34-36-38-40-45-42-41-44(43-45)39-37-35-33-31-29-27-25-20-18-16-14-12-10-8-6-4-2/h41-43H,3-40H2,1-2H3/q+1. The Morgan fingerprint density at radius 2 is 0.600 bits per heavy atom.